The summed E-state index contributed by atoms with van der Waals surface area (Å²) in [5.41, 5.74) is 2.13. The second-order valence-corrected chi connectivity index (χ2v) is 22.8. The molecule has 4 aliphatic rings. The summed E-state index contributed by atoms with van der Waals surface area (Å²) in [7, 11) is 0. The van der Waals surface area contributed by atoms with Crippen molar-refractivity contribution < 1.29 is 28.8 Å². The van der Waals surface area contributed by atoms with Gasteiger partial charge in [0.15, 0.2) is 11.6 Å². The van der Waals surface area contributed by atoms with Crippen molar-refractivity contribution >= 4 is 35.2 Å². The van der Waals surface area contributed by atoms with Gasteiger partial charge >= 0.3 is 0 Å². The van der Waals surface area contributed by atoms with E-state index in [-0.39, 0.29) is 40.7 Å². The third kappa shape index (κ3) is 34.0. The predicted molar refractivity (Wildman–Crippen MR) is 318 cm³/mol. The molecular formula is C64H107N5O6. The minimum absolute atomic E-state index is 0.00939. The summed E-state index contributed by atoms with van der Waals surface area (Å²) in [6, 6.07) is 9.64. The van der Waals surface area contributed by atoms with Crippen LogP contribution in [0.15, 0.2) is 93.6 Å². The molecule has 0 spiro atoms. The SMILES string of the molecule is C=CC(=O)CNC(C)(C)C.C=CC(=O)Cc1ccccc1.C=CC(=O)N1CC(C(C)(C)C)C1.C=CC(=O)N1CCC(C(C)(C)C)CC1.C=CC(=O)N1CCCC1.CC.CC.CC#CC(=O)N1CCC(C(C)(C)C)CC1. The van der Waals surface area contributed by atoms with Gasteiger partial charge in [0.05, 0.1) is 6.54 Å². The number of allylic oxidation sites excluding steroid dienone is 1. The molecule has 75 heavy (non-hydrogen) atoms. The lowest BCUT2D eigenvalue weighted by atomic mass is 9.75. The Morgan fingerprint density at radius 1 is 0.520 bits per heavy atom. The molecule has 1 aromatic carbocycles. The summed E-state index contributed by atoms with van der Waals surface area (Å²) < 4.78 is 0. The highest BCUT2D eigenvalue weighted by molar-refractivity contribution is 5.93. The van der Waals surface area contributed by atoms with Gasteiger partial charge in [0.1, 0.15) is 0 Å². The summed E-state index contributed by atoms with van der Waals surface area (Å²) in [6.07, 6.45) is 14.1. The Hall–Kier alpha value is -5.34. The number of hydrogen-bond acceptors (Lipinski definition) is 7. The highest BCUT2D eigenvalue weighted by Gasteiger charge is 2.37. The van der Waals surface area contributed by atoms with E-state index in [2.05, 4.69) is 112 Å². The monoisotopic (exact) mass is 1040 g/mol. The van der Waals surface area contributed by atoms with Gasteiger partial charge in [-0.15, -0.1) is 0 Å². The van der Waals surface area contributed by atoms with Crippen LogP contribution in [0.25, 0.3) is 0 Å². The number of rotatable bonds is 9. The van der Waals surface area contributed by atoms with E-state index in [1.54, 1.807) is 6.92 Å². The molecule has 0 saturated carbocycles. The van der Waals surface area contributed by atoms with Gasteiger partial charge in [0.25, 0.3) is 5.91 Å². The molecule has 0 bridgehead atoms. The quantitative estimate of drug-likeness (QED) is 0.193. The van der Waals surface area contributed by atoms with Gasteiger partial charge in [0.2, 0.25) is 17.7 Å². The van der Waals surface area contributed by atoms with Crippen LogP contribution in [0.2, 0.25) is 0 Å². The number of hydrogen-bond donors (Lipinski definition) is 1. The Morgan fingerprint density at radius 3 is 1.21 bits per heavy atom. The fourth-order valence-electron chi connectivity index (χ4n) is 7.93. The Labute approximate surface area is 459 Å². The summed E-state index contributed by atoms with van der Waals surface area (Å²) in [4.78, 5) is 73.7. The lowest BCUT2D eigenvalue weighted by molar-refractivity contribution is -0.135. The molecule has 0 atom stereocenters. The molecule has 4 heterocycles. The molecule has 0 aliphatic carbocycles. The maximum absolute atomic E-state index is 11.5. The number of carbonyl (C=O) groups is 6. The number of ketones is 2. The first-order valence-corrected chi connectivity index (χ1v) is 27.5. The number of nitrogens with zero attached hydrogens (tertiary/aromatic N) is 4. The maximum atomic E-state index is 11.5. The lowest BCUT2D eigenvalue weighted by Crippen LogP contribution is -2.54. The Morgan fingerprint density at radius 2 is 0.880 bits per heavy atom. The summed E-state index contributed by atoms with van der Waals surface area (Å²) >= 11 is 0. The van der Waals surface area contributed by atoms with Gasteiger partial charge in [-0.25, -0.2) is 0 Å². The zero-order valence-corrected chi connectivity index (χ0v) is 50.6. The Balaban J connectivity index is -0.000000824. The predicted octanol–water partition coefficient (Wildman–Crippen LogP) is 12.4. The average molecular weight is 1040 g/mol. The minimum atomic E-state index is -0.00939. The van der Waals surface area contributed by atoms with Crippen LogP contribution in [0.3, 0.4) is 0 Å². The molecule has 5 rings (SSSR count). The van der Waals surface area contributed by atoms with E-state index in [1.165, 1.54) is 30.4 Å². The second kappa shape index (κ2) is 39.1. The van der Waals surface area contributed by atoms with Gasteiger partial charge in [-0.1, -0.05) is 159 Å². The molecule has 4 fully saturated rings. The number of piperidine rings is 2. The fraction of sp³-hybridized carbons (Fsp3) is 0.625. The summed E-state index contributed by atoms with van der Waals surface area (Å²) in [5.74, 6) is 7.72. The van der Waals surface area contributed by atoms with Crippen molar-refractivity contribution in [2.45, 2.75) is 168 Å². The summed E-state index contributed by atoms with van der Waals surface area (Å²) in [5, 5.41) is 3.05. The van der Waals surface area contributed by atoms with E-state index in [0.29, 0.717) is 35.1 Å². The smallest absolute Gasteiger partial charge is 0.298 e. The molecule has 1 aromatic rings. The Bertz CT molecular complexity index is 1920. The highest BCUT2D eigenvalue weighted by atomic mass is 16.2. The lowest BCUT2D eigenvalue weighted by Gasteiger charge is -2.45. The highest BCUT2D eigenvalue weighted by Crippen LogP contribution is 2.36. The van der Waals surface area contributed by atoms with Crippen LogP contribution < -0.4 is 5.32 Å². The minimum Gasteiger partial charge on any atom is -0.339 e. The molecule has 0 radical (unpaired) electrons. The first kappa shape index (κ1) is 73.9. The van der Waals surface area contributed by atoms with Gasteiger partial charge in [0, 0.05) is 64.3 Å². The molecule has 4 aliphatic heterocycles. The maximum Gasteiger partial charge on any atom is 0.298 e. The van der Waals surface area contributed by atoms with Crippen LogP contribution >= 0.6 is 0 Å². The van der Waals surface area contributed by atoms with Crippen LogP contribution in [0, 0.1) is 45.8 Å². The van der Waals surface area contributed by atoms with Crippen LogP contribution in [-0.2, 0) is 35.2 Å². The standard InChI is InChI=1S/C13H21NO.C12H21NO.C10H17NO.C10H10O.C8H15NO.C7H11NO.2C2H6/c1-5-6-12(15)14-9-7-11(8-10-14)13(2,3)4;1-5-11(14)13-8-6-10(7-9-13)12(2,3)4;1-5-9(12)11-6-8(7-11)10(2,3)4;1-2-10(11)8-9-6-4-3-5-7-9;1-5-7(10)6-9-8(2,3)4;1-2-7(9)8-5-3-4-6-8;2*1-2/h11H,7-10H2,1-4H3;5,10H,1,6-9H2,2-4H3;5,8H,1,6-7H2,2-4H3;2-7H,1,8H2;5,9H,1,6H2,2-4H3;2H,1,3-6H2;2*1-2H3. The van der Waals surface area contributed by atoms with E-state index in [0.717, 1.165) is 108 Å². The number of likely N-dealkylation sites (tertiary alicyclic amines) is 4. The van der Waals surface area contributed by atoms with Gasteiger partial charge < -0.3 is 24.9 Å². The van der Waals surface area contributed by atoms with Crippen LogP contribution in [0.1, 0.15) is 162 Å². The molecule has 4 saturated heterocycles. The van der Waals surface area contributed by atoms with E-state index >= 15 is 0 Å². The average Bonchev–Trinajstić information content (AvgIpc) is 3.92. The van der Waals surface area contributed by atoms with E-state index in [1.807, 2.05) is 98.4 Å². The van der Waals surface area contributed by atoms with E-state index in [9.17, 15) is 28.8 Å². The van der Waals surface area contributed by atoms with Crippen molar-refractivity contribution in [2.24, 2.45) is 34.0 Å². The molecule has 11 heteroatoms. The molecule has 1 N–H and O–H groups in total. The third-order valence-corrected chi connectivity index (χ3v) is 13.1. The zero-order chi connectivity index (χ0) is 58.6. The molecule has 11 nitrogen and oxygen atoms in total. The van der Waals surface area contributed by atoms with E-state index in [4.69, 9.17) is 0 Å². The Kier molecular flexibility index (Phi) is 38.5. The number of nitrogens with one attached hydrogen (secondary N) is 1. The number of benzene rings is 1. The largest absolute Gasteiger partial charge is 0.339 e. The summed E-state index contributed by atoms with van der Waals surface area (Å²) in [6.45, 7) is 60.8. The van der Waals surface area contributed by atoms with Crippen molar-refractivity contribution in [3.05, 3.63) is 99.2 Å². The molecule has 4 amide bonds. The fourth-order valence-corrected chi connectivity index (χ4v) is 7.93. The number of amides is 4. The van der Waals surface area contributed by atoms with Crippen LogP contribution in [0.5, 0.6) is 0 Å². The molecule has 0 unspecified atom stereocenters. The first-order valence-electron chi connectivity index (χ1n) is 27.5. The normalized spacial score (nSPS) is 15.4. The molecule has 424 valence electrons. The van der Waals surface area contributed by atoms with Gasteiger partial charge in [-0.05, 0) is 142 Å². The van der Waals surface area contributed by atoms with Crippen molar-refractivity contribution in [3.63, 3.8) is 0 Å². The molecular weight excluding hydrogens is 935 g/mol. The second-order valence-electron chi connectivity index (χ2n) is 22.8. The van der Waals surface area contributed by atoms with E-state index < -0.39 is 0 Å². The topological polar surface area (TPSA) is 127 Å². The van der Waals surface area contributed by atoms with Gasteiger partial charge in [-0.3, -0.25) is 28.8 Å². The zero-order valence-electron chi connectivity index (χ0n) is 50.6. The number of carbonyl (C=O) groups excluding carboxylic acids is 6. The van der Waals surface area contributed by atoms with Crippen LogP contribution in [0.4, 0.5) is 0 Å². The van der Waals surface area contributed by atoms with Crippen molar-refractivity contribution in [2.75, 3.05) is 58.9 Å². The van der Waals surface area contributed by atoms with Crippen molar-refractivity contribution in [3.8, 4) is 11.8 Å². The van der Waals surface area contributed by atoms with Crippen molar-refractivity contribution in [1.82, 2.24) is 24.9 Å². The van der Waals surface area contributed by atoms with Gasteiger partial charge in [-0.2, -0.15) is 0 Å². The first-order chi connectivity index (χ1) is 35.0. The van der Waals surface area contributed by atoms with Crippen molar-refractivity contribution in [1.29, 1.82) is 0 Å². The third-order valence-electron chi connectivity index (χ3n) is 13.1. The molecule has 0 aromatic heterocycles. The van der Waals surface area contributed by atoms with Crippen LogP contribution in [-0.4, -0.2) is 119 Å².